The minimum absolute atomic E-state index is 0.294. The minimum atomic E-state index is -1.70. The standard InChI is InChI=1S/C9H6F2O3/c1-4-5(8(12)9(13)14)2-3-6(10)7(4)11/h2-3H,1H3,(H,13,14). The van der Waals surface area contributed by atoms with Gasteiger partial charge in [0, 0.05) is 5.56 Å². The monoisotopic (exact) mass is 200 g/mol. The van der Waals surface area contributed by atoms with E-state index in [9.17, 15) is 18.4 Å². The molecule has 0 spiro atoms. The average molecular weight is 200 g/mol. The summed E-state index contributed by atoms with van der Waals surface area (Å²) < 4.78 is 25.5. The molecule has 0 aliphatic carbocycles. The lowest BCUT2D eigenvalue weighted by molar-refractivity contribution is -0.131. The summed E-state index contributed by atoms with van der Waals surface area (Å²) in [5, 5.41) is 8.35. The number of carbonyl (C=O) groups excluding carboxylic acids is 1. The predicted octanol–water partition coefficient (Wildman–Crippen LogP) is 1.54. The molecule has 1 aromatic rings. The molecule has 0 bridgehead atoms. The molecule has 1 rings (SSSR count). The Morgan fingerprint density at radius 2 is 1.86 bits per heavy atom. The van der Waals surface area contributed by atoms with Gasteiger partial charge < -0.3 is 5.11 Å². The van der Waals surface area contributed by atoms with Crippen LogP contribution in [0.25, 0.3) is 0 Å². The van der Waals surface area contributed by atoms with Crippen LogP contribution in [0.4, 0.5) is 8.78 Å². The Bertz CT molecular complexity index is 413. The molecule has 0 saturated heterocycles. The number of carbonyl (C=O) groups is 2. The summed E-state index contributed by atoms with van der Waals surface area (Å²) >= 11 is 0. The maximum Gasteiger partial charge on any atom is 0.377 e. The highest BCUT2D eigenvalue weighted by Crippen LogP contribution is 2.16. The molecule has 0 unspecified atom stereocenters. The lowest BCUT2D eigenvalue weighted by Gasteiger charge is -2.03. The van der Waals surface area contributed by atoms with Crippen LogP contribution >= 0.6 is 0 Å². The van der Waals surface area contributed by atoms with Gasteiger partial charge in [0.25, 0.3) is 5.78 Å². The first-order valence-corrected chi connectivity index (χ1v) is 3.67. The molecule has 0 amide bonds. The summed E-state index contributed by atoms with van der Waals surface area (Å²) in [5.41, 5.74) is -0.631. The molecule has 3 nitrogen and oxygen atoms in total. The van der Waals surface area contributed by atoms with Gasteiger partial charge in [-0.3, -0.25) is 4.79 Å². The maximum absolute atomic E-state index is 12.9. The fraction of sp³-hybridized carbons (Fsp3) is 0.111. The lowest BCUT2D eigenvalue weighted by atomic mass is 10.0. The zero-order chi connectivity index (χ0) is 10.9. The topological polar surface area (TPSA) is 54.4 Å². The molecule has 14 heavy (non-hydrogen) atoms. The normalized spacial score (nSPS) is 9.93. The largest absolute Gasteiger partial charge is 0.475 e. The van der Waals surface area contributed by atoms with E-state index in [2.05, 4.69) is 0 Å². The quantitative estimate of drug-likeness (QED) is 0.582. The fourth-order valence-electron chi connectivity index (χ4n) is 1.01. The highest BCUT2D eigenvalue weighted by Gasteiger charge is 2.20. The van der Waals surface area contributed by atoms with E-state index in [-0.39, 0.29) is 11.1 Å². The van der Waals surface area contributed by atoms with Gasteiger partial charge in [0.1, 0.15) is 0 Å². The molecule has 0 aliphatic rings. The SMILES string of the molecule is Cc1c(C(=O)C(=O)O)ccc(F)c1F. The molecule has 0 radical (unpaired) electrons. The molecule has 74 valence electrons. The van der Waals surface area contributed by atoms with Crippen molar-refractivity contribution in [3.63, 3.8) is 0 Å². The third-order valence-electron chi connectivity index (χ3n) is 1.78. The van der Waals surface area contributed by atoms with Gasteiger partial charge in [0.05, 0.1) is 0 Å². The van der Waals surface area contributed by atoms with E-state index in [1.807, 2.05) is 0 Å². The van der Waals surface area contributed by atoms with Crippen molar-refractivity contribution in [2.24, 2.45) is 0 Å². The van der Waals surface area contributed by atoms with Crippen molar-refractivity contribution in [1.82, 2.24) is 0 Å². The smallest absolute Gasteiger partial charge is 0.377 e. The number of ketones is 1. The molecular weight excluding hydrogens is 194 g/mol. The summed E-state index contributed by atoms with van der Waals surface area (Å²) in [7, 11) is 0. The van der Waals surface area contributed by atoms with E-state index in [4.69, 9.17) is 5.11 Å². The number of benzene rings is 1. The Kier molecular flexibility index (Phi) is 2.60. The van der Waals surface area contributed by atoms with Gasteiger partial charge >= 0.3 is 5.97 Å². The van der Waals surface area contributed by atoms with Crippen molar-refractivity contribution in [3.8, 4) is 0 Å². The summed E-state index contributed by atoms with van der Waals surface area (Å²) in [6.45, 7) is 1.15. The van der Waals surface area contributed by atoms with Gasteiger partial charge in [0.15, 0.2) is 11.6 Å². The van der Waals surface area contributed by atoms with Crippen LogP contribution in [0.3, 0.4) is 0 Å². The highest BCUT2D eigenvalue weighted by atomic mass is 19.2. The van der Waals surface area contributed by atoms with E-state index in [1.54, 1.807) is 0 Å². The Morgan fingerprint density at radius 1 is 1.29 bits per heavy atom. The third-order valence-corrected chi connectivity index (χ3v) is 1.78. The van der Waals surface area contributed by atoms with Crippen LogP contribution in [0.2, 0.25) is 0 Å². The van der Waals surface area contributed by atoms with Crippen LogP contribution in [0.5, 0.6) is 0 Å². The molecule has 1 N–H and O–H groups in total. The van der Waals surface area contributed by atoms with E-state index < -0.39 is 23.4 Å². The second kappa shape index (κ2) is 3.53. The lowest BCUT2D eigenvalue weighted by Crippen LogP contribution is -2.15. The number of Topliss-reactive ketones (excluding diaryl/α,β-unsaturated/α-hetero) is 1. The van der Waals surface area contributed by atoms with E-state index >= 15 is 0 Å². The number of halogens is 2. The van der Waals surface area contributed by atoms with E-state index in [0.29, 0.717) is 0 Å². The number of aliphatic carboxylic acids is 1. The summed E-state index contributed by atoms with van der Waals surface area (Å²) in [6, 6.07) is 1.67. The molecule has 1 aromatic carbocycles. The summed E-state index contributed by atoms with van der Waals surface area (Å²) in [4.78, 5) is 21.2. The zero-order valence-corrected chi connectivity index (χ0v) is 7.17. The first kappa shape index (κ1) is 10.3. The Hall–Kier alpha value is -1.78. The van der Waals surface area contributed by atoms with Crippen LogP contribution < -0.4 is 0 Å². The second-order valence-corrected chi connectivity index (χ2v) is 2.67. The van der Waals surface area contributed by atoms with E-state index in [0.717, 1.165) is 19.1 Å². The van der Waals surface area contributed by atoms with Gasteiger partial charge in [-0.1, -0.05) is 0 Å². The van der Waals surface area contributed by atoms with Crippen LogP contribution in [-0.2, 0) is 4.79 Å². The van der Waals surface area contributed by atoms with Gasteiger partial charge in [-0.25, -0.2) is 13.6 Å². The molecule has 0 aliphatic heterocycles. The fourth-order valence-corrected chi connectivity index (χ4v) is 1.01. The van der Waals surface area contributed by atoms with Crippen molar-refractivity contribution >= 4 is 11.8 Å². The average Bonchev–Trinajstić information content (AvgIpc) is 2.13. The molecular formula is C9H6F2O3. The van der Waals surface area contributed by atoms with Gasteiger partial charge in [0.2, 0.25) is 0 Å². The Morgan fingerprint density at radius 3 is 2.36 bits per heavy atom. The van der Waals surface area contributed by atoms with Gasteiger partial charge in [-0.05, 0) is 24.6 Å². The molecule has 0 heterocycles. The first-order chi connectivity index (χ1) is 6.45. The minimum Gasteiger partial charge on any atom is -0.475 e. The van der Waals surface area contributed by atoms with Crippen LogP contribution in [0.1, 0.15) is 15.9 Å². The molecule has 0 aromatic heterocycles. The van der Waals surface area contributed by atoms with Crippen molar-refractivity contribution in [3.05, 3.63) is 34.9 Å². The van der Waals surface area contributed by atoms with Crippen molar-refractivity contribution in [2.75, 3.05) is 0 Å². The third kappa shape index (κ3) is 1.61. The number of carboxylic acids is 1. The number of hydrogen-bond acceptors (Lipinski definition) is 2. The van der Waals surface area contributed by atoms with Crippen LogP contribution in [-0.4, -0.2) is 16.9 Å². The van der Waals surface area contributed by atoms with Crippen LogP contribution in [0, 0.1) is 18.6 Å². The molecule has 0 atom stereocenters. The number of carboxylic acid groups (broad SMARTS) is 1. The Balaban J connectivity index is 3.31. The van der Waals surface area contributed by atoms with Gasteiger partial charge in [-0.2, -0.15) is 0 Å². The molecule has 0 saturated carbocycles. The van der Waals surface area contributed by atoms with Crippen molar-refractivity contribution < 1.29 is 23.5 Å². The Labute approximate surface area is 78.0 Å². The number of hydrogen-bond donors (Lipinski definition) is 1. The van der Waals surface area contributed by atoms with Crippen molar-refractivity contribution in [1.29, 1.82) is 0 Å². The van der Waals surface area contributed by atoms with Crippen molar-refractivity contribution in [2.45, 2.75) is 6.92 Å². The highest BCUT2D eigenvalue weighted by molar-refractivity contribution is 6.40. The zero-order valence-electron chi connectivity index (χ0n) is 7.17. The second-order valence-electron chi connectivity index (χ2n) is 2.67. The number of rotatable bonds is 2. The maximum atomic E-state index is 12.9. The van der Waals surface area contributed by atoms with Crippen LogP contribution in [0.15, 0.2) is 12.1 Å². The molecule has 5 heteroatoms. The summed E-state index contributed by atoms with van der Waals surface area (Å²) in [6.07, 6.45) is 0. The van der Waals surface area contributed by atoms with E-state index in [1.165, 1.54) is 0 Å². The first-order valence-electron chi connectivity index (χ1n) is 3.67. The summed E-state index contributed by atoms with van der Waals surface area (Å²) in [5.74, 6) is -5.25. The molecule has 0 fully saturated rings. The van der Waals surface area contributed by atoms with Gasteiger partial charge in [-0.15, -0.1) is 0 Å². The predicted molar refractivity (Wildman–Crippen MR) is 43.1 cm³/mol.